The van der Waals surface area contributed by atoms with Crippen LogP contribution < -0.4 is 5.32 Å². The molecule has 0 aliphatic rings. The number of aliphatic carboxylic acids is 1. The van der Waals surface area contributed by atoms with Crippen LogP contribution in [0.4, 0.5) is 10.5 Å². The predicted octanol–water partition coefficient (Wildman–Crippen LogP) is 5.29. The molecule has 0 aromatic heterocycles. The second-order valence-corrected chi connectivity index (χ2v) is 8.06. The van der Waals surface area contributed by atoms with E-state index in [1.165, 1.54) is 12.1 Å². The molecule has 2 aromatic carbocycles. The van der Waals surface area contributed by atoms with Crippen molar-refractivity contribution < 1.29 is 24.5 Å². The Hall–Kier alpha value is -2.20. The van der Waals surface area contributed by atoms with Crippen molar-refractivity contribution in [2.24, 2.45) is 5.92 Å². The largest absolute Gasteiger partial charge is 0.508 e. The lowest BCUT2D eigenvalue weighted by Gasteiger charge is -2.23. The van der Waals surface area contributed by atoms with E-state index in [1.807, 2.05) is 18.4 Å². The smallest absolute Gasteiger partial charge is 0.412 e. The fourth-order valence-corrected chi connectivity index (χ4v) is 3.40. The number of anilines is 1. The molecule has 0 aliphatic heterocycles. The summed E-state index contributed by atoms with van der Waals surface area (Å²) in [6.07, 6.45) is 2.81. The third-order valence-corrected chi connectivity index (χ3v) is 5.30. The van der Waals surface area contributed by atoms with Crippen LogP contribution in [0.1, 0.15) is 18.6 Å². The quantitative estimate of drug-likeness (QED) is 0.265. The van der Waals surface area contributed by atoms with Gasteiger partial charge < -0.3 is 14.9 Å². The van der Waals surface area contributed by atoms with Crippen molar-refractivity contribution in [1.82, 2.24) is 0 Å². The maximum absolute atomic E-state index is 12.4. The highest BCUT2D eigenvalue weighted by Crippen LogP contribution is 2.34. The van der Waals surface area contributed by atoms with E-state index >= 15 is 0 Å². The van der Waals surface area contributed by atoms with Crippen LogP contribution in [-0.2, 0) is 9.53 Å². The van der Waals surface area contributed by atoms with Crippen LogP contribution in [0.3, 0.4) is 0 Å². The van der Waals surface area contributed by atoms with Crippen molar-refractivity contribution >= 4 is 52.1 Å². The number of halogens is 1. The van der Waals surface area contributed by atoms with Crippen molar-refractivity contribution in [1.29, 1.82) is 0 Å². The predicted molar refractivity (Wildman–Crippen MR) is 118 cm³/mol. The highest BCUT2D eigenvalue weighted by molar-refractivity contribution is 14.1. The van der Waals surface area contributed by atoms with Crippen LogP contribution in [0, 0.1) is 9.49 Å². The Morgan fingerprint density at radius 2 is 1.89 bits per heavy atom. The summed E-state index contributed by atoms with van der Waals surface area (Å²) in [5.74, 6) is -1.61. The summed E-state index contributed by atoms with van der Waals surface area (Å²) < 4.78 is 6.41. The van der Waals surface area contributed by atoms with E-state index in [9.17, 15) is 14.7 Å². The van der Waals surface area contributed by atoms with Crippen LogP contribution in [0.2, 0.25) is 0 Å². The molecule has 0 saturated heterocycles. The minimum absolute atomic E-state index is 0.0295. The van der Waals surface area contributed by atoms with Crippen molar-refractivity contribution in [3.63, 3.8) is 0 Å². The van der Waals surface area contributed by atoms with Crippen LogP contribution >= 0.6 is 34.4 Å². The minimum Gasteiger partial charge on any atom is -0.508 e. The van der Waals surface area contributed by atoms with Gasteiger partial charge in [-0.2, -0.15) is 0 Å². The number of phenols is 1. The number of hydrogen-bond donors (Lipinski definition) is 3. The molecule has 148 valence electrons. The minimum atomic E-state index is -1.10. The molecule has 28 heavy (non-hydrogen) atoms. The second-order valence-electron chi connectivity index (χ2n) is 5.94. The molecule has 0 heterocycles. The molecule has 6 nitrogen and oxygen atoms in total. The van der Waals surface area contributed by atoms with Gasteiger partial charge in [0.1, 0.15) is 11.9 Å². The molecule has 2 rings (SSSR count). The maximum Gasteiger partial charge on any atom is 0.412 e. The van der Waals surface area contributed by atoms with E-state index in [0.29, 0.717) is 11.3 Å². The highest BCUT2D eigenvalue weighted by Gasteiger charge is 2.25. The molecular weight excluding hydrogens is 493 g/mol. The molecule has 0 radical (unpaired) electrons. The van der Waals surface area contributed by atoms with Gasteiger partial charge in [-0.15, -0.1) is 11.8 Å². The summed E-state index contributed by atoms with van der Waals surface area (Å²) in [6, 6.07) is 12.2. The van der Waals surface area contributed by atoms with Gasteiger partial charge in [0.15, 0.2) is 0 Å². The summed E-state index contributed by atoms with van der Waals surface area (Å²) >= 11 is 3.68. The van der Waals surface area contributed by atoms with Crippen LogP contribution in [0.5, 0.6) is 5.75 Å². The number of carboxylic acid groups (broad SMARTS) is 1. The summed E-state index contributed by atoms with van der Waals surface area (Å²) in [5.41, 5.74) is 0.976. The summed E-state index contributed by atoms with van der Waals surface area (Å²) in [4.78, 5) is 24.3. The molecule has 0 unspecified atom stereocenters. The molecule has 0 fully saturated rings. The number of hydrogen-bond acceptors (Lipinski definition) is 5. The van der Waals surface area contributed by atoms with Crippen molar-refractivity contribution in [2.45, 2.75) is 17.9 Å². The molecule has 3 N–H and O–H groups in total. The molecule has 0 bridgehead atoms. The Labute approximate surface area is 181 Å². The Kier molecular flexibility index (Phi) is 8.18. The summed E-state index contributed by atoms with van der Waals surface area (Å²) in [6.45, 7) is 1.71. The third-order valence-electron chi connectivity index (χ3n) is 3.89. The number of phenolic OH excluding ortho intramolecular Hbond substituents is 1. The lowest BCUT2D eigenvalue weighted by Crippen LogP contribution is -2.21. The SMILES string of the molecule is CSc1ccc(NC(=O)O[C@H](c2cc(I)ccc2O)[C@@H](C)/C=C/C(=O)O)cc1. The number of nitrogens with one attached hydrogen (secondary N) is 1. The first kappa shape index (κ1) is 22.1. The number of amides is 1. The van der Waals surface area contributed by atoms with E-state index in [4.69, 9.17) is 9.84 Å². The molecular formula is C20H20INO5S. The lowest BCUT2D eigenvalue weighted by atomic mass is 9.96. The number of rotatable bonds is 7. The Bertz CT molecular complexity index is 869. The van der Waals surface area contributed by atoms with Gasteiger partial charge in [0.25, 0.3) is 0 Å². The highest BCUT2D eigenvalue weighted by atomic mass is 127. The normalized spacial score (nSPS) is 13.1. The van der Waals surface area contributed by atoms with Crippen LogP contribution in [0.15, 0.2) is 59.5 Å². The Balaban J connectivity index is 2.23. The Morgan fingerprint density at radius 3 is 2.50 bits per heavy atom. The van der Waals surface area contributed by atoms with Gasteiger partial charge in [-0.25, -0.2) is 9.59 Å². The fourth-order valence-electron chi connectivity index (χ4n) is 2.48. The molecule has 2 aromatic rings. The number of aromatic hydroxyl groups is 1. The van der Waals surface area contributed by atoms with Gasteiger partial charge >= 0.3 is 12.1 Å². The number of benzene rings is 2. The molecule has 0 spiro atoms. The van der Waals surface area contributed by atoms with Crippen LogP contribution in [-0.4, -0.2) is 28.5 Å². The fraction of sp³-hybridized carbons (Fsp3) is 0.200. The molecule has 1 amide bonds. The van der Waals surface area contributed by atoms with E-state index in [2.05, 4.69) is 27.9 Å². The number of carbonyl (C=O) groups is 2. The first-order valence-corrected chi connectivity index (χ1v) is 10.6. The van der Waals surface area contributed by atoms with Crippen molar-refractivity contribution in [3.05, 3.63) is 63.8 Å². The van der Waals surface area contributed by atoms with E-state index < -0.39 is 24.1 Å². The van der Waals surface area contributed by atoms with Gasteiger partial charge in [0.05, 0.1) is 0 Å². The second kappa shape index (κ2) is 10.4. The monoisotopic (exact) mass is 513 g/mol. The van der Waals surface area contributed by atoms with Gasteiger partial charge in [-0.05, 0) is 71.3 Å². The summed E-state index contributed by atoms with van der Waals surface area (Å²) in [7, 11) is 0. The first-order chi connectivity index (χ1) is 13.3. The Morgan fingerprint density at radius 1 is 1.21 bits per heavy atom. The van der Waals surface area contributed by atoms with Crippen LogP contribution in [0.25, 0.3) is 0 Å². The van der Waals surface area contributed by atoms with Gasteiger partial charge in [-0.3, -0.25) is 5.32 Å². The average Bonchev–Trinajstić information content (AvgIpc) is 2.67. The molecule has 0 saturated carbocycles. The number of carbonyl (C=O) groups excluding carboxylic acids is 1. The van der Waals surface area contributed by atoms with Crippen molar-refractivity contribution in [3.8, 4) is 5.75 Å². The van der Waals surface area contributed by atoms with E-state index in [-0.39, 0.29) is 5.75 Å². The molecule has 0 aliphatic carbocycles. The summed E-state index contributed by atoms with van der Waals surface area (Å²) in [5, 5.41) is 21.8. The average molecular weight is 513 g/mol. The van der Waals surface area contributed by atoms with Gasteiger partial charge in [0, 0.05) is 31.7 Å². The number of carboxylic acids is 1. The molecule has 2 atom stereocenters. The third kappa shape index (κ3) is 6.45. The van der Waals surface area contributed by atoms with Gasteiger partial charge in [-0.1, -0.05) is 13.0 Å². The topological polar surface area (TPSA) is 95.9 Å². The van der Waals surface area contributed by atoms with Gasteiger partial charge in [0.2, 0.25) is 0 Å². The number of thioether (sulfide) groups is 1. The zero-order valence-corrected chi connectivity index (χ0v) is 18.2. The first-order valence-electron chi connectivity index (χ1n) is 8.31. The number of ether oxygens (including phenoxy) is 1. The van der Waals surface area contributed by atoms with E-state index in [1.54, 1.807) is 43.0 Å². The van der Waals surface area contributed by atoms with E-state index in [0.717, 1.165) is 14.5 Å². The molecule has 8 heteroatoms. The van der Waals surface area contributed by atoms with Crippen molar-refractivity contribution in [2.75, 3.05) is 11.6 Å². The standard InChI is InChI=1S/C20H20INO5S/c1-12(3-10-18(24)25)19(16-11-13(21)4-9-17(16)23)27-20(26)22-14-5-7-15(28-2)8-6-14/h3-12,19,23H,1-2H3,(H,22,26)(H,24,25)/b10-3+/t12-,19-/m0/s1. The maximum atomic E-state index is 12.4. The zero-order chi connectivity index (χ0) is 20.7. The lowest BCUT2D eigenvalue weighted by molar-refractivity contribution is -0.131. The zero-order valence-electron chi connectivity index (χ0n) is 15.3.